The second-order valence-corrected chi connectivity index (χ2v) is 10.5. The second-order valence-electron chi connectivity index (χ2n) is 10.5. The topological polar surface area (TPSA) is 0 Å². The van der Waals surface area contributed by atoms with Crippen molar-refractivity contribution >= 4 is 11.1 Å². The van der Waals surface area contributed by atoms with Crippen molar-refractivity contribution in [2.24, 2.45) is 0 Å². The molecule has 1 atom stereocenters. The zero-order valence-electron chi connectivity index (χ0n) is 22.3. The second kappa shape index (κ2) is 10.7. The van der Waals surface area contributed by atoms with Crippen molar-refractivity contribution in [3.63, 3.8) is 0 Å². The average molecular weight is 511 g/mol. The van der Waals surface area contributed by atoms with Crippen LogP contribution < -0.4 is 0 Å². The fraction of sp³-hybridized carbons (Fsp3) is 0.0500. The summed E-state index contributed by atoms with van der Waals surface area (Å²) in [6.45, 7) is 0. The quantitative estimate of drug-likeness (QED) is 0.196. The molecular weight excluding hydrogens is 480 g/mol. The Morgan fingerprint density at radius 1 is 0.400 bits per heavy atom. The minimum Gasteiger partial charge on any atom is -0.0622 e. The molecule has 6 aromatic carbocycles. The lowest BCUT2D eigenvalue weighted by Crippen LogP contribution is -2.06. The van der Waals surface area contributed by atoms with Crippen LogP contribution in [0.5, 0.6) is 0 Å². The first-order chi connectivity index (χ1) is 19.9. The van der Waals surface area contributed by atoms with Gasteiger partial charge in [0.1, 0.15) is 0 Å². The fourth-order valence-corrected chi connectivity index (χ4v) is 6.38. The number of hydrogen-bond acceptors (Lipinski definition) is 0. The molecule has 190 valence electrons. The maximum Gasteiger partial charge on any atom is 0.0358 e. The van der Waals surface area contributed by atoms with E-state index in [1.54, 1.807) is 0 Å². The van der Waals surface area contributed by atoms with Gasteiger partial charge in [0, 0.05) is 11.8 Å². The Balaban J connectivity index is 1.49. The summed E-state index contributed by atoms with van der Waals surface area (Å²) in [6, 6.07) is 61.8. The van der Waals surface area contributed by atoms with Crippen LogP contribution in [0.2, 0.25) is 0 Å². The molecule has 0 radical (unpaired) electrons. The zero-order valence-corrected chi connectivity index (χ0v) is 22.3. The summed E-state index contributed by atoms with van der Waals surface area (Å²) in [7, 11) is 0. The van der Waals surface area contributed by atoms with E-state index in [0.717, 1.165) is 0 Å². The van der Waals surface area contributed by atoms with Gasteiger partial charge in [-0.1, -0.05) is 170 Å². The summed E-state index contributed by atoms with van der Waals surface area (Å²) in [5.74, 6) is 0.297. The smallest absolute Gasteiger partial charge is 0.0358 e. The van der Waals surface area contributed by atoms with Gasteiger partial charge in [-0.3, -0.25) is 0 Å². The number of rotatable bonds is 6. The van der Waals surface area contributed by atoms with Crippen LogP contribution in [0, 0.1) is 0 Å². The third-order valence-electron chi connectivity index (χ3n) is 8.09. The molecule has 0 fully saturated rings. The Labute approximate surface area is 236 Å². The lowest BCUT2D eigenvalue weighted by Gasteiger charge is -2.22. The molecule has 1 unspecified atom stereocenters. The first-order valence-corrected chi connectivity index (χ1v) is 14.0. The van der Waals surface area contributed by atoms with Crippen LogP contribution in [-0.4, -0.2) is 0 Å². The van der Waals surface area contributed by atoms with E-state index in [0.29, 0.717) is 0 Å². The third-order valence-corrected chi connectivity index (χ3v) is 8.09. The van der Waals surface area contributed by atoms with Crippen LogP contribution in [0.1, 0.15) is 56.3 Å². The first-order valence-electron chi connectivity index (χ1n) is 14.0. The molecule has 1 aliphatic carbocycles. The van der Waals surface area contributed by atoms with Crippen molar-refractivity contribution in [3.8, 4) is 0 Å². The summed E-state index contributed by atoms with van der Waals surface area (Å²) in [6.07, 6.45) is 0. The molecule has 0 spiro atoms. The van der Waals surface area contributed by atoms with E-state index in [1.807, 2.05) is 0 Å². The van der Waals surface area contributed by atoms with Crippen LogP contribution in [0.15, 0.2) is 170 Å². The van der Waals surface area contributed by atoms with Crippen LogP contribution in [-0.2, 0) is 0 Å². The Kier molecular flexibility index (Phi) is 6.44. The fourth-order valence-electron chi connectivity index (χ4n) is 6.38. The molecule has 0 amide bonds. The highest BCUT2D eigenvalue weighted by Gasteiger charge is 2.34. The van der Waals surface area contributed by atoms with E-state index in [4.69, 9.17) is 0 Å². The van der Waals surface area contributed by atoms with Gasteiger partial charge in [0.05, 0.1) is 0 Å². The maximum atomic E-state index is 2.48. The van der Waals surface area contributed by atoms with Crippen molar-refractivity contribution in [1.82, 2.24) is 0 Å². The van der Waals surface area contributed by atoms with Gasteiger partial charge in [-0.05, 0) is 55.7 Å². The molecule has 6 aromatic rings. The SMILES string of the molecule is c1ccc(C2=C(c3ccccc3)C(c3ccccc3)c3cc(C(c4ccccc4)c4ccccc4)ccc32)cc1. The largest absolute Gasteiger partial charge is 0.0622 e. The lowest BCUT2D eigenvalue weighted by atomic mass is 9.81. The summed E-state index contributed by atoms with van der Waals surface area (Å²) >= 11 is 0. The molecule has 7 rings (SSSR count). The van der Waals surface area contributed by atoms with Crippen LogP contribution in [0.4, 0.5) is 0 Å². The highest BCUT2D eigenvalue weighted by Crippen LogP contribution is 2.53. The van der Waals surface area contributed by atoms with Crippen molar-refractivity contribution in [1.29, 1.82) is 0 Å². The van der Waals surface area contributed by atoms with Crippen molar-refractivity contribution < 1.29 is 0 Å². The van der Waals surface area contributed by atoms with Gasteiger partial charge < -0.3 is 0 Å². The number of hydrogen-bond donors (Lipinski definition) is 0. The molecule has 40 heavy (non-hydrogen) atoms. The van der Waals surface area contributed by atoms with Gasteiger partial charge in [-0.15, -0.1) is 0 Å². The molecule has 0 saturated carbocycles. The molecule has 0 bridgehead atoms. The molecule has 0 saturated heterocycles. The minimum absolute atomic E-state index is 0.140. The summed E-state index contributed by atoms with van der Waals surface area (Å²) in [4.78, 5) is 0. The predicted octanol–water partition coefficient (Wildman–Crippen LogP) is 9.97. The van der Waals surface area contributed by atoms with Crippen LogP contribution in [0.25, 0.3) is 11.1 Å². The van der Waals surface area contributed by atoms with Crippen molar-refractivity contribution in [2.75, 3.05) is 0 Å². The van der Waals surface area contributed by atoms with E-state index in [-0.39, 0.29) is 11.8 Å². The van der Waals surface area contributed by atoms with Crippen molar-refractivity contribution in [3.05, 3.63) is 214 Å². The van der Waals surface area contributed by atoms with Gasteiger partial charge in [0.25, 0.3) is 0 Å². The number of fused-ring (bicyclic) bond motifs is 1. The minimum atomic E-state index is 0.140. The summed E-state index contributed by atoms with van der Waals surface area (Å²) in [5, 5.41) is 0. The van der Waals surface area contributed by atoms with Crippen molar-refractivity contribution in [2.45, 2.75) is 11.8 Å². The number of allylic oxidation sites excluding steroid dienone is 1. The first kappa shape index (κ1) is 24.1. The molecule has 0 nitrogen and oxygen atoms in total. The average Bonchev–Trinajstić information content (AvgIpc) is 3.38. The Morgan fingerprint density at radius 2 is 0.875 bits per heavy atom. The van der Waals surface area contributed by atoms with E-state index in [2.05, 4.69) is 170 Å². The van der Waals surface area contributed by atoms with Gasteiger partial charge >= 0.3 is 0 Å². The molecule has 0 aromatic heterocycles. The maximum absolute atomic E-state index is 2.48. The number of benzene rings is 6. The van der Waals surface area contributed by atoms with Gasteiger partial charge in [0.2, 0.25) is 0 Å². The highest BCUT2D eigenvalue weighted by molar-refractivity contribution is 6.07. The van der Waals surface area contributed by atoms with Crippen LogP contribution >= 0.6 is 0 Å². The Bertz CT molecular complexity index is 1710. The zero-order chi connectivity index (χ0) is 26.7. The third kappa shape index (κ3) is 4.38. The van der Waals surface area contributed by atoms with Crippen LogP contribution in [0.3, 0.4) is 0 Å². The molecule has 0 heterocycles. The van der Waals surface area contributed by atoms with Gasteiger partial charge in [0.15, 0.2) is 0 Å². The van der Waals surface area contributed by atoms with E-state index >= 15 is 0 Å². The molecular formula is C40H30. The molecule has 0 N–H and O–H groups in total. The summed E-state index contributed by atoms with van der Waals surface area (Å²) < 4.78 is 0. The van der Waals surface area contributed by atoms with E-state index < -0.39 is 0 Å². The molecule has 1 aliphatic rings. The van der Waals surface area contributed by atoms with Gasteiger partial charge in [-0.2, -0.15) is 0 Å². The standard InChI is InChI=1S/C40H30/c1-6-16-29(17-7-1)37(30-18-8-2-9-19-30)34-26-27-35-36(28-34)39(32-22-12-4-13-23-32)40(33-24-14-5-15-25-33)38(35)31-20-10-3-11-21-31/h1-28,37,39H. The Hall–Kier alpha value is -4.94. The normalized spacial score (nSPS) is 14.4. The summed E-state index contributed by atoms with van der Waals surface area (Å²) in [5.41, 5.74) is 13.2. The van der Waals surface area contributed by atoms with Gasteiger partial charge in [-0.25, -0.2) is 0 Å². The molecule has 0 heteroatoms. The lowest BCUT2D eigenvalue weighted by molar-refractivity contribution is 0.963. The monoisotopic (exact) mass is 510 g/mol. The highest BCUT2D eigenvalue weighted by atomic mass is 14.4. The predicted molar refractivity (Wildman–Crippen MR) is 167 cm³/mol. The Morgan fingerprint density at radius 3 is 1.43 bits per heavy atom. The van der Waals surface area contributed by atoms with E-state index in [1.165, 1.54) is 55.7 Å². The van der Waals surface area contributed by atoms with E-state index in [9.17, 15) is 0 Å². The molecule has 0 aliphatic heterocycles.